The number of aliphatic hydroxyl groups is 2. The van der Waals surface area contributed by atoms with Gasteiger partial charge in [-0.15, -0.1) is 0 Å². The maximum absolute atomic E-state index is 11.8. The van der Waals surface area contributed by atoms with Gasteiger partial charge in [0.15, 0.2) is 0 Å². The number of aliphatic hydroxyl groups excluding tert-OH is 1. The van der Waals surface area contributed by atoms with Crippen LogP contribution >= 0.6 is 0 Å². The van der Waals surface area contributed by atoms with E-state index < -0.39 is 11.6 Å². The minimum atomic E-state index is -0.868. The van der Waals surface area contributed by atoms with Crippen LogP contribution in [-0.2, 0) is 4.79 Å². The molecule has 1 heterocycles. The van der Waals surface area contributed by atoms with Gasteiger partial charge in [0.25, 0.3) is 0 Å². The Labute approximate surface area is 106 Å². The molecule has 0 aromatic carbocycles. The van der Waals surface area contributed by atoms with E-state index in [1.165, 1.54) is 6.26 Å². The second-order valence-corrected chi connectivity index (χ2v) is 4.93. The molecule has 1 unspecified atom stereocenters. The quantitative estimate of drug-likeness (QED) is 0.734. The van der Waals surface area contributed by atoms with Gasteiger partial charge < -0.3 is 19.9 Å². The number of rotatable bonds is 5. The Morgan fingerprint density at radius 2 is 2.22 bits per heavy atom. The lowest BCUT2D eigenvalue weighted by Crippen LogP contribution is -2.37. The largest absolute Gasteiger partial charge is 0.467 e. The van der Waals surface area contributed by atoms with Crippen molar-refractivity contribution in [2.45, 2.75) is 43.7 Å². The van der Waals surface area contributed by atoms with Gasteiger partial charge in [0, 0.05) is 0 Å². The zero-order chi connectivity index (χ0) is 13.0. The zero-order valence-electron chi connectivity index (χ0n) is 10.3. The lowest BCUT2D eigenvalue weighted by atomic mass is 9.97. The van der Waals surface area contributed by atoms with E-state index in [1.807, 2.05) is 0 Å². The summed E-state index contributed by atoms with van der Waals surface area (Å²) in [6.45, 7) is -0.225. The summed E-state index contributed by atoms with van der Waals surface area (Å²) >= 11 is 0. The molecule has 0 bridgehead atoms. The summed E-state index contributed by atoms with van der Waals surface area (Å²) in [5.74, 6) is 0.263. The lowest BCUT2D eigenvalue weighted by Gasteiger charge is -2.22. The zero-order valence-corrected chi connectivity index (χ0v) is 10.3. The van der Waals surface area contributed by atoms with E-state index in [0.29, 0.717) is 18.6 Å². The molecular formula is C13H19NO4. The molecule has 5 nitrogen and oxygen atoms in total. The molecule has 1 fully saturated rings. The van der Waals surface area contributed by atoms with E-state index in [2.05, 4.69) is 5.32 Å². The van der Waals surface area contributed by atoms with E-state index in [4.69, 9.17) is 4.42 Å². The third-order valence-electron chi connectivity index (χ3n) is 3.43. The van der Waals surface area contributed by atoms with Crippen LogP contribution in [0.1, 0.15) is 43.9 Å². The molecule has 1 amide bonds. The van der Waals surface area contributed by atoms with Crippen LogP contribution in [0.15, 0.2) is 22.8 Å². The fourth-order valence-electron chi connectivity index (χ4n) is 2.45. The first-order valence-corrected chi connectivity index (χ1v) is 6.29. The third kappa shape index (κ3) is 3.11. The van der Waals surface area contributed by atoms with Gasteiger partial charge in [-0.25, -0.2) is 0 Å². The smallest absolute Gasteiger partial charge is 0.223 e. The minimum absolute atomic E-state index is 0.0875. The summed E-state index contributed by atoms with van der Waals surface area (Å²) < 4.78 is 5.15. The molecule has 18 heavy (non-hydrogen) atoms. The highest BCUT2D eigenvalue weighted by molar-refractivity contribution is 5.77. The summed E-state index contributed by atoms with van der Waals surface area (Å²) in [4.78, 5) is 11.8. The second kappa shape index (κ2) is 5.54. The summed E-state index contributed by atoms with van der Waals surface area (Å²) in [5.41, 5.74) is -0.868. The van der Waals surface area contributed by atoms with Gasteiger partial charge in [0.2, 0.25) is 5.91 Å². The van der Waals surface area contributed by atoms with Crippen molar-refractivity contribution in [1.82, 2.24) is 5.32 Å². The Bertz CT molecular complexity index is 382. The Hall–Kier alpha value is -1.33. The first-order valence-electron chi connectivity index (χ1n) is 6.29. The van der Waals surface area contributed by atoms with Crippen molar-refractivity contribution in [3.8, 4) is 0 Å². The lowest BCUT2D eigenvalue weighted by molar-refractivity contribution is -0.127. The molecular weight excluding hydrogens is 234 g/mol. The summed E-state index contributed by atoms with van der Waals surface area (Å²) in [7, 11) is 0. The molecule has 0 saturated heterocycles. The molecule has 1 saturated carbocycles. The van der Waals surface area contributed by atoms with Crippen molar-refractivity contribution in [2.75, 3.05) is 6.61 Å². The molecule has 0 spiro atoms. The highest BCUT2D eigenvalue weighted by atomic mass is 16.3. The summed E-state index contributed by atoms with van der Waals surface area (Å²) in [6, 6.07) is 2.86. The average molecular weight is 253 g/mol. The summed E-state index contributed by atoms with van der Waals surface area (Å²) in [6.07, 6.45) is 4.85. The average Bonchev–Trinajstić information content (AvgIpc) is 2.97. The van der Waals surface area contributed by atoms with Gasteiger partial charge in [-0.05, 0) is 25.0 Å². The number of hydrogen-bond donors (Lipinski definition) is 3. The van der Waals surface area contributed by atoms with Gasteiger partial charge in [-0.2, -0.15) is 0 Å². The van der Waals surface area contributed by atoms with Crippen LogP contribution in [-0.4, -0.2) is 28.3 Å². The van der Waals surface area contributed by atoms with Crippen molar-refractivity contribution in [2.24, 2.45) is 0 Å². The Morgan fingerprint density at radius 1 is 1.50 bits per heavy atom. The van der Waals surface area contributed by atoms with E-state index in [0.717, 1.165) is 12.8 Å². The van der Waals surface area contributed by atoms with Crippen LogP contribution in [0, 0.1) is 0 Å². The number of carbonyl (C=O) groups excluding carboxylic acids is 1. The number of hydrogen-bond acceptors (Lipinski definition) is 4. The van der Waals surface area contributed by atoms with E-state index in [1.54, 1.807) is 12.1 Å². The van der Waals surface area contributed by atoms with Crippen molar-refractivity contribution < 1.29 is 19.4 Å². The van der Waals surface area contributed by atoms with Crippen LogP contribution in [0.3, 0.4) is 0 Å². The fourth-order valence-corrected chi connectivity index (χ4v) is 2.45. The van der Waals surface area contributed by atoms with E-state index in [9.17, 15) is 15.0 Å². The Balaban J connectivity index is 1.90. The minimum Gasteiger partial charge on any atom is -0.467 e. The number of nitrogens with one attached hydrogen (secondary N) is 1. The van der Waals surface area contributed by atoms with Gasteiger partial charge >= 0.3 is 0 Å². The SMILES string of the molecule is O=C(CC1(O)CCCC1)NC(CO)c1ccco1. The second-order valence-electron chi connectivity index (χ2n) is 4.93. The van der Waals surface area contributed by atoms with Gasteiger partial charge in [-0.1, -0.05) is 12.8 Å². The molecule has 1 aliphatic carbocycles. The van der Waals surface area contributed by atoms with Crippen molar-refractivity contribution in [1.29, 1.82) is 0 Å². The van der Waals surface area contributed by atoms with Crippen molar-refractivity contribution in [3.63, 3.8) is 0 Å². The molecule has 2 rings (SSSR count). The first kappa shape index (κ1) is 13.1. The molecule has 100 valence electrons. The monoisotopic (exact) mass is 253 g/mol. The van der Waals surface area contributed by atoms with E-state index >= 15 is 0 Å². The van der Waals surface area contributed by atoms with E-state index in [-0.39, 0.29) is 18.9 Å². The van der Waals surface area contributed by atoms with Crippen LogP contribution in [0.2, 0.25) is 0 Å². The predicted molar refractivity (Wildman–Crippen MR) is 64.7 cm³/mol. The van der Waals surface area contributed by atoms with Crippen LogP contribution in [0.4, 0.5) is 0 Å². The third-order valence-corrected chi connectivity index (χ3v) is 3.43. The fraction of sp³-hybridized carbons (Fsp3) is 0.615. The molecule has 0 radical (unpaired) electrons. The molecule has 3 N–H and O–H groups in total. The normalized spacial score (nSPS) is 19.7. The number of carbonyl (C=O) groups is 1. The van der Waals surface area contributed by atoms with Gasteiger partial charge in [0.05, 0.1) is 24.9 Å². The Morgan fingerprint density at radius 3 is 2.78 bits per heavy atom. The standard InChI is InChI=1S/C13H19NO4/c15-9-10(11-4-3-7-18-11)14-12(16)8-13(17)5-1-2-6-13/h3-4,7,10,15,17H,1-2,5-6,8-9H2,(H,14,16). The van der Waals surface area contributed by atoms with Crippen LogP contribution < -0.4 is 5.32 Å². The highest BCUT2D eigenvalue weighted by Crippen LogP contribution is 2.32. The van der Waals surface area contributed by atoms with Crippen LogP contribution in [0.5, 0.6) is 0 Å². The van der Waals surface area contributed by atoms with Gasteiger partial charge in [-0.3, -0.25) is 4.79 Å². The summed E-state index contributed by atoms with van der Waals surface area (Å²) in [5, 5.41) is 22.0. The maximum atomic E-state index is 11.8. The molecule has 1 aromatic heterocycles. The predicted octanol–water partition coefficient (Wildman–Crippen LogP) is 1.12. The molecule has 1 aromatic rings. The maximum Gasteiger partial charge on any atom is 0.223 e. The van der Waals surface area contributed by atoms with Crippen molar-refractivity contribution in [3.05, 3.63) is 24.2 Å². The molecule has 1 atom stereocenters. The first-order chi connectivity index (χ1) is 8.63. The number of amides is 1. The highest BCUT2D eigenvalue weighted by Gasteiger charge is 2.34. The molecule has 5 heteroatoms. The Kier molecular flexibility index (Phi) is 4.04. The van der Waals surface area contributed by atoms with Gasteiger partial charge in [0.1, 0.15) is 11.8 Å². The van der Waals surface area contributed by atoms with Crippen molar-refractivity contribution >= 4 is 5.91 Å². The van der Waals surface area contributed by atoms with Crippen LogP contribution in [0.25, 0.3) is 0 Å². The topological polar surface area (TPSA) is 82.7 Å². The molecule has 0 aliphatic heterocycles. The molecule has 1 aliphatic rings. The number of furan rings is 1.